The second-order valence-electron chi connectivity index (χ2n) is 6.21. The van der Waals surface area contributed by atoms with Gasteiger partial charge in [0.05, 0.1) is 0 Å². The fourth-order valence-corrected chi connectivity index (χ4v) is 3.69. The predicted octanol–water partition coefficient (Wildman–Crippen LogP) is 3.09. The molecule has 3 heteroatoms. The fraction of sp³-hybridized carbons (Fsp3) is 0.938. The third-order valence-corrected chi connectivity index (χ3v) is 4.80. The Labute approximate surface area is 118 Å². The summed E-state index contributed by atoms with van der Waals surface area (Å²) in [5, 5.41) is 3.09. The van der Waals surface area contributed by atoms with E-state index in [0.717, 1.165) is 38.0 Å². The summed E-state index contributed by atoms with van der Waals surface area (Å²) in [7, 11) is 0. The van der Waals surface area contributed by atoms with Crippen molar-refractivity contribution in [2.75, 3.05) is 13.1 Å². The van der Waals surface area contributed by atoms with Crippen molar-refractivity contribution >= 4 is 5.91 Å². The lowest BCUT2D eigenvalue weighted by atomic mass is 10.0. The summed E-state index contributed by atoms with van der Waals surface area (Å²) in [5.41, 5.74) is 0. The van der Waals surface area contributed by atoms with Gasteiger partial charge in [0, 0.05) is 31.6 Å². The average Bonchev–Trinajstić information content (AvgIpc) is 2.98. The highest BCUT2D eigenvalue weighted by Crippen LogP contribution is 2.36. The number of nitrogens with zero attached hydrogens (tertiary/aromatic N) is 1. The van der Waals surface area contributed by atoms with Gasteiger partial charge in [0.15, 0.2) is 0 Å². The van der Waals surface area contributed by atoms with Gasteiger partial charge in [-0.1, -0.05) is 32.6 Å². The van der Waals surface area contributed by atoms with E-state index in [4.69, 9.17) is 0 Å². The Morgan fingerprint density at radius 1 is 1.05 bits per heavy atom. The predicted molar refractivity (Wildman–Crippen MR) is 79.1 cm³/mol. The average molecular weight is 266 g/mol. The fourth-order valence-electron chi connectivity index (χ4n) is 3.69. The molecule has 0 aromatic carbocycles. The zero-order valence-corrected chi connectivity index (χ0v) is 12.5. The standard InChI is InChI=1S/C16H30N2O/c1-2-3-4-5-6-7-16(19)17-12-13-18-14-8-9-15(18)11-10-14/h14-15H,2-13H2,1H3,(H,17,19). The third kappa shape index (κ3) is 4.48. The third-order valence-electron chi connectivity index (χ3n) is 4.80. The van der Waals surface area contributed by atoms with E-state index in [2.05, 4.69) is 17.1 Å². The molecule has 0 spiro atoms. The van der Waals surface area contributed by atoms with Gasteiger partial charge < -0.3 is 5.32 Å². The van der Waals surface area contributed by atoms with Crippen LogP contribution in [0.4, 0.5) is 0 Å². The van der Waals surface area contributed by atoms with Crippen LogP contribution in [0.2, 0.25) is 0 Å². The van der Waals surface area contributed by atoms with E-state index in [1.807, 2.05) is 0 Å². The molecule has 0 aromatic heterocycles. The van der Waals surface area contributed by atoms with Crippen molar-refractivity contribution in [2.24, 2.45) is 0 Å². The maximum Gasteiger partial charge on any atom is 0.220 e. The minimum atomic E-state index is 0.253. The van der Waals surface area contributed by atoms with Crippen LogP contribution >= 0.6 is 0 Å². The van der Waals surface area contributed by atoms with Crippen LogP contribution in [-0.2, 0) is 4.79 Å². The lowest BCUT2D eigenvalue weighted by Crippen LogP contribution is -2.37. The van der Waals surface area contributed by atoms with E-state index < -0.39 is 0 Å². The molecule has 0 atom stereocenters. The molecule has 0 radical (unpaired) electrons. The second-order valence-corrected chi connectivity index (χ2v) is 6.21. The number of unbranched alkanes of at least 4 members (excludes halogenated alkanes) is 4. The van der Waals surface area contributed by atoms with Gasteiger partial charge in [-0.25, -0.2) is 0 Å². The van der Waals surface area contributed by atoms with Crippen LogP contribution < -0.4 is 5.32 Å². The van der Waals surface area contributed by atoms with Gasteiger partial charge >= 0.3 is 0 Å². The van der Waals surface area contributed by atoms with Gasteiger partial charge in [-0.3, -0.25) is 9.69 Å². The van der Waals surface area contributed by atoms with Crippen molar-refractivity contribution in [3.05, 3.63) is 0 Å². The molecule has 2 saturated heterocycles. The molecule has 1 amide bonds. The van der Waals surface area contributed by atoms with Gasteiger partial charge in [-0.05, 0) is 32.1 Å². The zero-order chi connectivity index (χ0) is 13.5. The van der Waals surface area contributed by atoms with Crippen molar-refractivity contribution in [3.63, 3.8) is 0 Å². The van der Waals surface area contributed by atoms with E-state index in [1.54, 1.807) is 0 Å². The smallest absolute Gasteiger partial charge is 0.220 e. The molecule has 0 aliphatic carbocycles. The van der Waals surface area contributed by atoms with Gasteiger partial charge in [0.2, 0.25) is 5.91 Å². The van der Waals surface area contributed by atoms with E-state index in [-0.39, 0.29) is 5.91 Å². The minimum absolute atomic E-state index is 0.253. The molecule has 3 nitrogen and oxygen atoms in total. The van der Waals surface area contributed by atoms with Crippen molar-refractivity contribution in [1.82, 2.24) is 10.2 Å². The highest BCUT2D eigenvalue weighted by Gasteiger charge is 2.38. The monoisotopic (exact) mass is 266 g/mol. The molecule has 19 heavy (non-hydrogen) atoms. The van der Waals surface area contributed by atoms with Crippen molar-refractivity contribution in [3.8, 4) is 0 Å². The number of carbonyl (C=O) groups excluding carboxylic acids is 1. The summed E-state index contributed by atoms with van der Waals surface area (Å²) in [5.74, 6) is 0.253. The normalized spacial score (nSPS) is 25.9. The molecule has 2 aliphatic rings. The molecule has 2 heterocycles. The van der Waals surface area contributed by atoms with Crippen molar-refractivity contribution in [1.29, 1.82) is 0 Å². The van der Waals surface area contributed by atoms with E-state index >= 15 is 0 Å². The molecule has 1 N–H and O–H groups in total. The molecule has 0 unspecified atom stereocenters. The Morgan fingerprint density at radius 3 is 2.32 bits per heavy atom. The Hall–Kier alpha value is -0.570. The largest absolute Gasteiger partial charge is 0.355 e. The Morgan fingerprint density at radius 2 is 1.68 bits per heavy atom. The number of carbonyl (C=O) groups is 1. The number of hydrogen-bond donors (Lipinski definition) is 1. The zero-order valence-electron chi connectivity index (χ0n) is 12.5. The van der Waals surface area contributed by atoms with Gasteiger partial charge in [-0.2, -0.15) is 0 Å². The van der Waals surface area contributed by atoms with Gasteiger partial charge in [0.1, 0.15) is 0 Å². The maximum absolute atomic E-state index is 11.7. The molecular formula is C16H30N2O. The van der Waals surface area contributed by atoms with Gasteiger partial charge in [0.25, 0.3) is 0 Å². The van der Waals surface area contributed by atoms with E-state index in [9.17, 15) is 4.79 Å². The number of hydrogen-bond acceptors (Lipinski definition) is 2. The number of rotatable bonds is 9. The number of amides is 1. The van der Waals surface area contributed by atoms with Crippen LogP contribution in [0.25, 0.3) is 0 Å². The maximum atomic E-state index is 11.7. The SMILES string of the molecule is CCCCCCCC(=O)NCCN1C2CCC1CC2. The van der Waals surface area contributed by atoms with Crippen LogP contribution in [0.15, 0.2) is 0 Å². The van der Waals surface area contributed by atoms with Crippen LogP contribution in [0.3, 0.4) is 0 Å². The molecular weight excluding hydrogens is 236 g/mol. The van der Waals surface area contributed by atoms with Crippen LogP contribution in [0, 0.1) is 0 Å². The quantitative estimate of drug-likeness (QED) is 0.650. The Bertz CT molecular complexity index is 260. The number of nitrogens with one attached hydrogen (secondary N) is 1. The molecule has 0 aromatic rings. The summed E-state index contributed by atoms with van der Waals surface area (Å²) < 4.78 is 0. The van der Waals surface area contributed by atoms with Crippen molar-refractivity contribution < 1.29 is 4.79 Å². The van der Waals surface area contributed by atoms with E-state index in [1.165, 1.54) is 51.4 Å². The summed E-state index contributed by atoms with van der Waals surface area (Å²) >= 11 is 0. The van der Waals surface area contributed by atoms with E-state index in [0.29, 0.717) is 0 Å². The van der Waals surface area contributed by atoms with Gasteiger partial charge in [-0.15, -0.1) is 0 Å². The summed E-state index contributed by atoms with van der Waals surface area (Å²) in [4.78, 5) is 14.3. The molecule has 0 saturated carbocycles. The molecule has 2 bridgehead atoms. The lowest BCUT2D eigenvalue weighted by molar-refractivity contribution is -0.121. The summed E-state index contributed by atoms with van der Waals surface area (Å²) in [6, 6.07) is 1.66. The topological polar surface area (TPSA) is 32.3 Å². The van der Waals surface area contributed by atoms with Crippen LogP contribution in [0.1, 0.15) is 71.1 Å². The minimum Gasteiger partial charge on any atom is -0.355 e. The first-order valence-electron chi connectivity index (χ1n) is 8.33. The first kappa shape index (κ1) is 14.8. The molecule has 2 fully saturated rings. The highest BCUT2D eigenvalue weighted by atomic mass is 16.1. The molecule has 110 valence electrons. The Kier molecular flexibility index (Phi) is 6.15. The first-order chi connectivity index (χ1) is 9.31. The number of fused-ring (bicyclic) bond motifs is 2. The second kappa shape index (κ2) is 7.88. The first-order valence-corrected chi connectivity index (χ1v) is 8.33. The Balaban J connectivity index is 1.48. The van der Waals surface area contributed by atoms with Crippen molar-refractivity contribution in [2.45, 2.75) is 83.2 Å². The lowest BCUT2D eigenvalue weighted by Gasteiger charge is -2.21. The molecule has 2 aliphatic heterocycles. The summed E-state index contributed by atoms with van der Waals surface area (Å²) in [6.45, 7) is 4.13. The summed E-state index contributed by atoms with van der Waals surface area (Å²) in [6.07, 6.45) is 12.4. The molecule has 2 rings (SSSR count). The van der Waals surface area contributed by atoms with Crippen LogP contribution in [-0.4, -0.2) is 36.0 Å². The van der Waals surface area contributed by atoms with Crippen LogP contribution in [0.5, 0.6) is 0 Å². The highest BCUT2D eigenvalue weighted by molar-refractivity contribution is 5.75.